The lowest BCUT2D eigenvalue weighted by Crippen LogP contribution is -1.86. The highest BCUT2D eigenvalue weighted by Crippen LogP contribution is 2.16. The minimum absolute atomic E-state index is 0.368. The minimum Gasteiger partial charge on any atom is -0.497 e. The topological polar surface area (TPSA) is 26.3 Å². The molecule has 0 aliphatic rings. The van der Waals surface area contributed by atoms with Crippen molar-refractivity contribution in [1.29, 1.82) is 0 Å². The summed E-state index contributed by atoms with van der Waals surface area (Å²) < 4.78 is 17.9. The second-order valence-electron chi connectivity index (χ2n) is 2.38. The molecule has 3 heteroatoms. The van der Waals surface area contributed by atoms with Crippen molar-refractivity contribution in [3.05, 3.63) is 35.7 Å². The van der Waals surface area contributed by atoms with Crippen molar-refractivity contribution in [1.82, 2.24) is 0 Å². The molecule has 13 heavy (non-hydrogen) atoms. The van der Waals surface area contributed by atoms with Gasteiger partial charge >= 0.3 is 0 Å². The molecule has 0 bridgehead atoms. The van der Waals surface area contributed by atoms with Gasteiger partial charge in [0.15, 0.2) is 0 Å². The normalized spacial score (nSPS) is 10.3. The fourth-order valence-electron chi connectivity index (χ4n) is 0.913. The zero-order valence-corrected chi connectivity index (χ0v) is 7.16. The third kappa shape index (κ3) is 2.40. The summed E-state index contributed by atoms with van der Waals surface area (Å²) >= 11 is 0. The molecular formula is C10H9FO2. The molecule has 0 aromatic heterocycles. The maximum absolute atomic E-state index is 13.1. The zero-order valence-electron chi connectivity index (χ0n) is 7.16. The number of benzene rings is 1. The largest absolute Gasteiger partial charge is 0.497 e. The molecular weight excluding hydrogens is 171 g/mol. The molecule has 0 aliphatic carbocycles. The van der Waals surface area contributed by atoms with Gasteiger partial charge in [0.05, 0.1) is 7.11 Å². The van der Waals surface area contributed by atoms with E-state index in [9.17, 15) is 9.18 Å². The fraction of sp³-hybridized carbons (Fsp3) is 0.100. The molecule has 0 N–H and O–H groups in total. The highest BCUT2D eigenvalue weighted by atomic mass is 19.1. The van der Waals surface area contributed by atoms with E-state index < -0.39 is 5.82 Å². The molecule has 2 nitrogen and oxygen atoms in total. The number of hydrogen-bond donors (Lipinski definition) is 0. The first-order valence-corrected chi connectivity index (χ1v) is 3.73. The van der Waals surface area contributed by atoms with Crippen LogP contribution in [0.5, 0.6) is 5.75 Å². The van der Waals surface area contributed by atoms with E-state index in [2.05, 4.69) is 0 Å². The van der Waals surface area contributed by atoms with Crippen molar-refractivity contribution in [2.45, 2.75) is 0 Å². The summed E-state index contributed by atoms with van der Waals surface area (Å²) in [6.45, 7) is 0. The van der Waals surface area contributed by atoms with Gasteiger partial charge in [-0.25, -0.2) is 4.39 Å². The molecule has 0 amide bonds. The number of halogens is 1. The Morgan fingerprint density at radius 2 is 2.23 bits per heavy atom. The van der Waals surface area contributed by atoms with Gasteiger partial charge in [0.2, 0.25) is 0 Å². The van der Waals surface area contributed by atoms with Crippen LogP contribution in [0.15, 0.2) is 24.3 Å². The Morgan fingerprint density at radius 1 is 1.46 bits per heavy atom. The standard InChI is InChI=1S/C10H9FO2/c1-13-9-5-4-8(3-2-6-12)10(11)7-9/h2-7H,1H3. The first kappa shape index (κ1) is 9.45. The maximum Gasteiger partial charge on any atom is 0.142 e. The highest BCUT2D eigenvalue weighted by Gasteiger charge is 1.99. The number of methoxy groups -OCH3 is 1. The number of ether oxygens (including phenoxy) is 1. The molecule has 0 radical (unpaired) electrons. The Kier molecular flexibility index (Phi) is 3.20. The van der Waals surface area contributed by atoms with Crippen LogP contribution in [0.25, 0.3) is 6.08 Å². The van der Waals surface area contributed by atoms with Crippen molar-refractivity contribution in [2.75, 3.05) is 7.11 Å². The van der Waals surface area contributed by atoms with Gasteiger partial charge < -0.3 is 4.74 Å². The quantitative estimate of drug-likeness (QED) is 0.525. The maximum atomic E-state index is 13.1. The number of carbonyl (C=O) groups excluding carboxylic acids is 1. The van der Waals surface area contributed by atoms with Crippen LogP contribution in [0.4, 0.5) is 4.39 Å². The average molecular weight is 180 g/mol. The number of carbonyl (C=O) groups is 1. The van der Waals surface area contributed by atoms with Crippen LogP contribution >= 0.6 is 0 Å². The summed E-state index contributed by atoms with van der Waals surface area (Å²) in [7, 11) is 1.47. The van der Waals surface area contributed by atoms with Crippen molar-refractivity contribution in [2.24, 2.45) is 0 Å². The van der Waals surface area contributed by atoms with E-state index in [1.807, 2.05) is 0 Å². The van der Waals surface area contributed by atoms with E-state index >= 15 is 0 Å². The minimum atomic E-state index is -0.405. The van der Waals surface area contributed by atoms with Crippen LogP contribution in [-0.2, 0) is 4.79 Å². The van der Waals surface area contributed by atoms with Gasteiger partial charge in [0.1, 0.15) is 17.9 Å². The van der Waals surface area contributed by atoms with E-state index in [1.54, 1.807) is 12.1 Å². The number of rotatable bonds is 3. The predicted molar refractivity (Wildman–Crippen MR) is 48.1 cm³/mol. The number of hydrogen-bond acceptors (Lipinski definition) is 2. The van der Waals surface area contributed by atoms with Gasteiger partial charge in [0.25, 0.3) is 0 Å². The van der Waals surface area contributed by atoms with E-state index in [1.165, 1.54) is 25.3 Å². The van der Waals surface area contributed by atoms with Crippen molar-refractivity contribution in [3.63, 3.8) is 0 Å². The average Bonchev–Trinajstić information content (AvgIpc) is 2.16. The molecule has 0 saturated carbocycles. The second-order valence-corrected chi connectivity index (χ2v) is 2.38. The van der Waals surface area contributed by atoms with Crippen LogP contribution in [0.2, 0.25) is 0 Å². The molecule has 0 atom stereocenters. The first-order chi connectivity index (χ1) is 6.27. The third-order valence-corrected chi connectivity index (χ3v) is 1.56. The molecule has 0 heterocycles. The monoisotopic (exact) mass is 180 g/mol. The first-order valence-electron chi connectivity index (χ1n) is 3.73. The van der Waals surface area contributed by atoms with Crippen molar-refractivity contribution in [3.8, 4) is 5.75 Å². The van der Waals surface area contributed by atoms with Crippen molar-refractivity contribution >= 4 is 12.4 Å². The summed E-state index contributed by atoms with van der Waals surface area (Å²) in [5.41, 5.74) is 0.368. The number of allylic oxidation sites excluding steroid dienone is 1. The van der Waals surface area contributed by atoms with E-state index in [4.69, 9.17) is 4.74 Å². The third-order valence-electron chi connectivity index (χ3n) is 1.56. The van der Waals surface area contributed by atoms with Gasteiger partial charge in [-0.2, -0.15) is 0 Å². The Balaban J connectivity index is 2.98. The van der Waals surface area contributed by atoms with E-state index in [-0.39, 0.29) is 0 Å². The highest BCUT2D eigenvalue weighted by molar-refractivity contribution is 5.74. The molecule has 68 valence electrons. The fourth-order valence-corrected chi connectivity index (χ4v) is 0.913. The van der Waals surface area contributed by atoms with Crippen LogP contribution in [0, 0.1) is 5.82 Å². The summed E-state index contributed by atoms with van der Waals surface area (Å²) in [6.07, 6.45) is 3.25. The van der Waals surface area contributed by atoms with Crippen LogP contribution in [0.1, 0.15) is 5.56 Å². The molecule has 1 aromatic rings. The van der Waals surface area contributed by atoms with E-state index in [0.29, 0.717) is 17.6 Å². The van der Waals surface area contributed by atoms with Crippen molar-refractivity contribution < 1.29 is 13.9 Å². The van der Waals surface area contributed by atoms with Gasteiger partial charge in [-0.05, 0) is 24.3 Å². The molecule has 1 rings (SSSR count). The summed E-state index contributed by atoms with van der Waals surface area (Å²) in [5, 5.41) is 0. The SMILES string of the molecule is COc1ccc(C=CC=O)c(F)c1. The van der Waals surface area contributed by atoms with Gasteiger partial charge in [-0.15, -0.1) is 0 Å². The van der Waals surface area contributed by atoms with E-state index in [0.717, 1.165) is 0 Å². The van der Waals surface area contributed by atoms with Crippen LogP contribution in [-0.4, -0.2) is 13.4 Å². The Labute approximate surface area is 75.6 Å². The van der Waals surface area contributed by atoms with Gasteiger partial charge in [-0.1, -0.05) is 0 Å². The molecule has 0 aliphatic heterocycles. The Morgan fingerprint density at radius 3 is 2.77 bits per heavy atom. The Bertz CT molecular complexity index is 332. The lowest BCUT2D eigenvalue weighted by atomic mass is 10.2. The van der Waals surface area contributed by atoms with Crippen LogP contribution < -0.4 is 4.74 Å². The summed E-state index contributed by atoms with van der Waals surface area (Å²) in [5.74, 6) is 0.0539. The molecule has 0 unspecified atom stereocenters. The second kappa shape index (κ2) is 4.40. The molecule has 1 aromatic carbocycles. The van der Waals surface area contributed by atoms with Gasteiger partial charge in [0, 0.05) is 11.6 Å². The molecule has 0 saturated heterocycles. The lowest BCUT2D eigenvalue weighted by molar-refractivity contribution is -0.104. The zero-order chi connectivity index (χ0) is 9.68. The van der Waals surface area contributed by atoms with Crippen LogP contribution in [0.3, 0.4) is 0 Å². The number of aldehydes is 1. The Hall–Kier alpha value is -1.64. The lowest BCUT2D eigenvalue weighted by Gasteiger charge is -2.00. The molecule has 0 spiro atoms. The smallest absolute Gasteiger partial charge is 0.142 e. The van der Waals surface area contributed by atoms with Gasteiger partial charge in [-0.3, -0.25) is 4.79 Å². The molecule has 0 fully saturated rings. The summed E-state index contributed by atoms with van der Waals surface area (Å²) in [6, 6.07) is 4.45. The summed E-state index contributed by atoms with van der Waals surface area (Å²) in [4.78, 5) is 9.98. The predicted octanol–water partition coefficient (Wildman–Crippen LogP) is 2.05.